The van der Waals surface area contributed by atoms with E-state index in [1.807, 2.05) is 0 Å². The SMILES string of the molecule is [C-]#[N+]c1cc(Cl)cc(Oc2c(OC)ccc(CC(=O)O)c2F)c1. The van der Waals surface area contributed by atoms with E-state index in [4.69, 9.17) is 32.8 Å². The van der Waals surface area contributed by atoms with E-state index in [0.717, 1.165) is 0 Å². The molecule has 2 aromatic carbocycles. The highest BCUT2D eigenvalue weighted by Crippen LogP contribution is 2.38. The van der Waals surface area contributed by atoms with Crippen LogP contribution < -0.4 is 9.47 Å². The van der Waals surface area contributed by atoms with Crippen LogP contribution in [0.3, 0.4) is 0 Å². The van der Waals surface area contributed by atoms with Gasteiger partial charge in [-0.25, -0.2) is 9.24 Å². The quantitative estimate of drug-likeness (QED) is 0.820. The van der Waals surface area contributed by atoms with Crippen LogP contribution in [0.15, 0.2) is 30.3 Å². The maximum atomic E-state index is 14.5. The minimum absolute atomic E-state index is 0.0410. The minimum atomic E-state index is -1.17. The highest BCUT2D eigenvalue weighted by Gasteiger charge is 2.18. The molecule has 0 amide bonds. The monoisotopic (exact) mass is 335 g/mol. The zero-order valence-corrected chi connectivity index (χ0v) is 12.7. The van der Waals surface area contributed by atoms with Gasteiger partial charge in [0.05, 0.1) is 20.1 Å². The maximum Gasteiger partial charge on any atom is 0.307 e. The average molecular weight is 336 g/mol. The number of ether oxygens (including phenoxy) is 2. The predicted octanol–water partition coefficient (Wildman–Crippen LogP) is 4.46. The van der Waals surface area contributed by atoms with E-state index in [2.05, 4.69) is 4.85 Å². The van der Waals surface area contributed by atoms with Crippen LogP contribution in [0.1, 0.15) is 5.56 Å². The van der Waals surface area contributed by atoms with Gasteiger partial charge in [-0.15, -0.1) is 0 Å². The molecule has 0 spiro atoms. The summed E-state index contributed by atoms with van der Waals surface area (Å²) in [6.07, 6.45) is -0.491. The van der Waals surface area contributed by atoms with Gasteiger partial charge >= 0.3 is 5.97 Å². The Morgan fingerprint density at radius 1 is 1.39 bits per heavy atom. The summed E-state index contributed by atoms with van der Waals surface area (Å²) in [6.45, 7) is 7.00. The van der Waals surface area contributed by atoms with E-state index >= 15 is 0 Å². The molecule has 118 valence electrons. The lowest BCUT2D eigenvalue weighted by atomic mass is 10.1. The smallest absolute Gasteiger partial charge is 0.307 e. The van der Waals surface area contributed by atoms with E-state index in [1.165, 1.54) is 37.4 Å². The van der Waals surface area contributed by atoms with Crippen LogP contribution in [-0.2, 0) is 11.2 Å². The second kappa shape index (κ2) is 6.99. The Morgan fingerprint density at radius 3 is 2.74 bits per heavy atom. The van der Waals surface area contributed by atoms with Crippen LogP contribution in [0.2, 0.25) is 5.02 Å². The van der Waals surface area contributed by atoms with Gasteiger partial charge in [0.15, 0.2) is 17.3 Å². The summed E-state index contributed by atoms with van der Waals surface area (Å²) in [5.41, 5.74) is 0.189. The van der Waals surface area contributed by atoms with Crippen molar-refractivity contribution in [1.29, 1.82) is 0 Å². The Kier molecular flexibility index (Phi) is 5.04. The number of nitrogens with zero attached hydrogens (tertiary/aromatic N) is 1. The molecule has 2 rings (SSSR count). The van der Waals surface area contributed by atoms with E-state index in [-0.39, 0.29) is 33.5 Å². The normalized spacial score (nSPS) is 10.0. The Bertz CT molecular complexity index is 801. The van der Waals surface area contributed by atoms with Gasteiger partial charge in [0.25, 0.3) is 0 Å². The molecule has 0 radical (unpaired) electrons. The first kappa shape index (κ1) is 16.6. The lowest BCUT2D eigenvalue weighted by Crippen LogP contribution is -2.04. The van der Waals surface area contributed by atoms with Gasteiger partial charge in [-0.05, 0) is 24.3 Å². The topological polar surface area (TPSA) is 60.1 Å². The molecule has 7 heteroatoms. The van der Waals surface area contributed by atoms with Gasteiger partial charge in [0.2, 0.25) is 5.75 Å². The first-order chi connectivity index (χ1) is 10.9. The average Bonchev–Trinajstić information content (AvgIpc) is 2.50. The molecule has 23 heavy (non-hydrogen) atoms. The van der Waals surface area contributed by atoms with E-state index < -0.39 is 18.2 Å². The fourth-order valence-corrected chi connectivity index (χ4v) is 2.14. The van der Waals surface area contributed by atoms with Gasteiger partial charge in [0, 0.05) is 10.6 Å². The number of carbonyl (C=O) groups is 1. The fourth-order valence-electron chi connectivity index (χ4n) is 1.92. The number of carboxylic acids is 1. The molecule has 0 bridgehead atoms. The lowest BCUT2D eigenvalue weighted by Gasteiger charge is -2.14. The number of benzene rings is 2. The molecule has 0 fully saturated rings. The van der Waals surface area contributed by atoms with Crippen molar-refractivity contribution in [1.82, 2.24) is 0 Å². The van der Waals surface area contributed by atoms with Gasteiger partial charge in [-0.3, -0.25) is 4.79 Å². The van der Waals surface area contributed by atoms with Crippen LogP contribution in [0.5, 0.6) is 17.2 Å². The van der Waals surface area contributed by atoms with E-state index in [9.17, 15) is 9.18 Å². The Morgan fingerprint density at radius 2 is 2.13 bits per heavy atom. The summed E-state index contributed by atoms with van der Waals surface area (Å²) in [6, 6.07) is 6.98. The van der Waals surface area contributed by atoms with Crippen molar-refractivity contribution in [3.63, 3.8) is 0 Å². The van der Waals surface area contributed by atoms with Gasteiger partial charge < -0.3 is 14.6 Å². The first-order valence-corrected chi connectivity index (χ1v) is 6.75. The van der Waals surface area contributed by atoms with Gasteiger partial charge in [-0.1, -0.05) is 17.7 Å². The molecular formula is C16H11ClFNO4. The number of methoxy groups -OCH3 is 1. The van der Waals surface area contributed by atoms with Crippen molar-refractivity contribution in [2.24, 2.45) is 0 Å². The highest BCUT2D eigenvalue weighted by molar-refractivity contribution is 6.31. The number of hydrogen-bond acceptors (Lipinski definition) is 3. The lowest BCUT2D eigenvalue weighted by molar-refractivity contribution is -0.136. The molecule has 0 saturated heterocycles. The number of rotatable bonds is 5. The van der Waals surface area contributed by atoms with Crippen molar-refractivity contribution in [3.8, 4) is 17.2 Å². The molecular weight excluding hydrogens is 325 g/mol. The Balaban J connectivity index is 2.47. The Labute approximate surface area is 136 Å². The second-order valence-electron chi connectivity index (χ2n) is 4.50. The highest BCUT2D eigenvalue weighted by atomic mass is 35.5. The van der Waals surface area contributed by atoms with Gasteiger partial charge in [-0.2, -0.15) is 0 Å². The van der Waals surface area contributed by atoms with Crippen molar-refractivity contribution in [2.75, 3.05) is 7.11 Å². The van der Waals surface area contributed by atoms with E-state index in [0.29, 0.717) is 0 Å². The molecule has 0 aliphatic rings. The molecule has 2 aromatic rings. The van der Waals surface area contributed by atoms with Crippen molar-refractivity contribution < 1.29 is 23.8 Å². The Hall–Kier alpha value is -2.78. The summed E-state index contributed by atoms with van der Waals surface area (Å²) in [5.74, 6) is -2.02. The molecule has 1 N–H and O–H groups in total. The molecule has 0 heterocycles. The standard InChI is InChI=1S/C16H11ClFNO4/c1-19-11-6-10(17)7-12(8-11)23-16-13(22-2)4-3-9(15(16)18)5-14(20)21/h3-4,6-8H,5H2,2H3,(H,20,21). The van der Waals surface area contributed by atoms with Crippen molar-refractivity contribution >= 4 is 23.3 Å². The summed E-state index contributed by atoms with van der Waals surface area (Å²) < 4.78 is 25.0. The molecule has 0 saturated carbocycles. The van der Waals surface area contributed by atoms with Crippen LogP contribution in [0, 0.1) is 12.4 Å². The molecule has 0 aliphatic carbocycles. The largest absolute Gasteiger partial charge is 0.493 e. The van der Waals surface area contributed by atoms with Crippen molar-refractivity contribution in [3.05, 3.63) is 58.2 Å². The minimum Gasteiger partial charge on any atom is -0.493 e. The third kappa shape index (κ3) is 3.90. The van der Waals surface area contributed by atoms with E-state index in [1.54, 1.807) is 0 Å². The number of carboxylic acid groups (broad SMARTS) is 1. The third-order valence-electron chi connectivity index (χ3n) is 2.91. The van der Waals surface area contributed by atoms with Crippen LogP contribution in [0.25, 0.3) is 4.85 Å². The number of halogens is 2. The zero-order valence-electron chi connectivity index (χ0n) is 12.0. The summed E-state index contributed by atoms with van der Waals surface area (Å²) in [5, 5.41) is 9.07. The third-order valence-corrected chi connectivity index (χ3v) is 3.13. The summed E-state index contributed by atoms with van der Waals surface area (Å²) in [7, 11) is 1.33. The molecule has 0 atom stereocenters. The maximum absolute atomic E-state index is 14.5. The molecule has 0 unspecified atom stereocenters. The number of hydrogen-bond donors (Lipinski definition) is 1. The second-order valence-corrected chi connectivity index (χ2v) is 4.94. The van der Waals surface area contributed by atoms with Crippen LogP contribution in [0.4, 0.5) is 10.1 Å². The predicted molar refractivity (Wildman–Crippen MR) is 82.1 cm³/mol. The molecule has 0 aromatic heterocycles. The van der Waals surface area contributed by atoms with Crippen LogP contribution >= 0.6 is 11.6 Å². The molecule has 0 aliphatic heterocycles. The van der Waals surface area contributed by atoms with Crippen LogP contribution in [-0.4, -0.2) is 18.2 Å². The number of aliphatic carboxylic acids is 1. The fraction of sp³-hybridized carbons (Fsp3) is 0.125. The van der Waals surface area contributed by atoms with Gasteiger partial charge in [0.1, 0.15) is 5.75 Å². The molecule has 5 nitrogen and oxygen atoms in total. The zero-order chi connectivity index (χ0) is 17.0. The van der Waals surface area contributed by atoms with Crippen molar-refractivity contribution in [2.45, 2.75) is 6.42 Å². The summed E-state index contributed by atoms with van der Waals surface area (Å²) >= 11 is 5.88. The first-order valence-electron chi connectivity index (χ1n) is 6.37. The summed E-state index contributed by atoms with van der Waals surface area (Å²) in [4.78, 5) is 14.0.